The lowest BCUT2D eigenvalue weighted by atomic mass is 10.2. The summed E-state index contributed by atoms with van der Waals surface area (Å²) in [5.41, 5.74) is 4.68. The summed E-state index contributed by atoms with van der Waals surface area (Å²) in [6, 6.07) is 2.94. The number of halogens is 3. The highest BCUT2D eigenvalue weighted by Gasteiger charge is 2.32. The third kappa shape index (κ3) is 2.32. The van der Waals surface area contributed by atoms with Crippen LogP contribution in [0.15, 0.2) is 30.9 Å². The van der Waals surface area contributed by atoms with E-state index >= 15 is 0 Å². The zero-order valence-corrected chi connectivity index (χ0v) is 7.25. The van der Waals surface area contributed by atoms with Crippen LogP contribution in [0.2, 0.25) is 0 Å². The summed E-state index contributed by atoms with van der Waals surface area (Å²) in [6.45, 7) is 3.38. The van der Waals surface area contributed by atoms with Gasteiger partial charge in [0.25, 0.3) is 0 Å². The molecule has 1 atom stereocenters. The van der Waals surface area contributed by atoms with Gasteiger partial charge in [0, 0.05) is 0 Å². The number of hydrogen-bond acceptors (Lipinski definition) is 2. The maximum atomic E-state index is 12.2. The van der Waals surface area contributed by atoms with Crippen molar-refractivity contribution in [3.8, 4) is 0 Å². The number of nitrogens with two attached hydrogens (primary N) is 1. The smallest absolute Gasteiger partial charge is 0.319 e. The van der Waals surface area contributed by atoms with Crippen molar-refractivity contribution in [1.29, 1.82) is 0 Å². The van der Waals surface area contributed by atoms with Crippen LogP contribution in [0.4, 0.5) is 13.2 Å². The summed E-state index contributed by atoms with van der Waals surface area (Å²) in [5, 5.41) is 0. The third-order valence-corrected chi connectivity index (χ3v) is 1.66. The van der Waals surface area contributed by atoms with Crippen LogP contribution in [0.1, 0.15) is 17.4 Å². The Balaban J connectivity index is 3.07. The van der Waals surface area contributed by atoms with Gasteiger partial charge in [-0.05, 0) is 12.1 Å². The molecule has 1 aromatic rings. The number of nitrogens with zero attached hydrogens (tertiary/aromatic N) is 1. The minimum atomic E-state index is -4.43. The average Bonchev–Trinajstić information content (AvgIpc) is 2.15. The first-order chi connectivity index (χ1) is 6.45. The van der Waals surface area contributed by atoms with Crippen LogP contribution in [0.5, 0.6) is 0 Å². The maximum absolute atomic E-state index is 12.2. The maximum Gasteiger partial charge on any atom is 0.433 e. The molecule has 5 heteroatoms. The van der Waals surface area contributed by atoms with E-state index in [2.05, 4.69) is 11.6 Å². The highest BCUT2D eigenvalue weighted by molar-refractivity contribution is 5.18. The Morgan fingerprint density at radius 3 is 2.57 bits per heavy atom. The summed E-state index contributed by atoms with van der Waals surface area (Å²) < 4.78 is 36.6. The average molecular weight is 202 g/mol. The normalized spacial score (nSPS) is 13.7. The SMILES string of the molecule is C=C[C@H](N)c1cccc(C(F)(F)F)n1. The lowest BCUT2D eigenvalue weighted by Crippen LogP contribution is -2.13. The number of aromatic nitrogens is 1. The van der Waals surface area contributed by atoms with E-state index in [9.17, 15) is 13.2 Å². The van der Waals surface area contributed by atoms with Gasteiger partial charge in [0.1, 0.15) is 5.69 Å². The van der Waals surface area contributed by atoms with Crippen LogP contribution in [0, 0.1) is 0 Å². The fourth-order valence-corrected chi connectivity index (χ4v) is 0.916. The van der Waals surface area contributed by atoms with Crippen molar-refractivity contribution in [2.45, 2.75) is 12.2 Å². The molecule has 1 heterocycles. The van der Waals surface area contributed by atoms with Crippen LogP contribution < -0.4 is 5.73 Å². The van der Waals surface area contributed by atoms with Crippen molar-refractivity contribution >= 4 is 0 Å². The van der Waals surface area contributed by atoms with E-state index < -0.39 is 17.9 Å². The quantitative estimate of drug-likeness (QED) is 0.747. The first-order valence-corrected chi connectivity index (χ1v) is 3.87. The second-order valence-electron chi connectivity index (χ2n) is 2.71. The van der Waals surface area contributed by atoms with Crippen molar-refractivity contribution in [2.24, 2.45) is 5.73 Å². The predicted octanol–water partition coefficient (Wildman–Crippen LogP) is 2.29. The van der Waals surface area contributed by atoms with E-state index in [1.165, 1.54) is 18.2 Å². The molecule has 2 N–H and O–H groups in total. The molecular formula is C9H9F3N2. The van der Waals surface area contributed by atoms with Crippen LogP contribution in [0.25, 0.3) is 0 Å². The second kappa shape index (κ2) is 3.79. The fraction of sp³-hybridized carbons (Fsp3) is 0.222. The molecule has 0 aliphatic rings. The van der Waals surface area contributed by atoms with Gasteiger partial charge in [0.05, 0.1) is 11.7 Å². The number of rotatable bonds is 2. The molecule has 0 amide bonds. The standard InChI is InChI=1S/C9H9F3N2/c1-2-6(13)7-4-3-5-8(14-7)9(10,11)12/h2-6H,1,13H2/t6-/m0/s1. The Morgan fingerprint density at radius 2 is 2.07 bits per heavy atom. The van der Waals surface area contributed by atoms with Gasteiger partial charge in [-0.15, -0.1) is 6.58 Å². The molecule has 0 aliphatic carbocycles. The highest BCUT2D eigenvalue weighted by Crippen LogP contribution is 2.27. The summed E-state index contributed by atoms with van der Waals surface area (Å²) in [7, 11) is 0. The Labute approximate surface area is 79.3 Å². The van der Waals surface area contributed by atoms with Crippen molar-refractivity contribution in [2.75, 3.05) is 0 Å². The van der Waals surface area contributed by atoms with Gasteiger partial charge in [0.2, 0.25) is 0 Å². The number of hydrogen-bond donors (Lipinski definition) is 1. The van der Waals surface area contributed by atoms with Crippen molar-refractivity contribution in [3.05, 3.63) is 42.2 Å². The topological polar surface area (TPSA) is 38.9 Å². The molecule has 1 rings (SSSR count). The zero-order chi connectivity index (χ0) is 10.8. The Hall–Kier alpha value is -1.36. The summed E-state index contributed by atoms with van der Waals surface area (Å²) >= 11 is 0. The molecule has 0 fully saturated rings. The first-order valence-electron chi connectivity index (χ1n) is 3.87. The van der Waals surface area contributed by atoms with Crippen LogP contribution in [-0.2, 0) is 6.18 Å². The third-order valence-electron chi connectivity index (χ3n) is 1.66. The van der Waals surface area contributed by atoms with Crippen molar-refractivity contribution < 1.29 is 13.2 Å². The molecule has 14 heavy (non-hydrogen) atoms. The van der Waals surface area contributed by atoms with Crippen LogP contribution >= 0.6 is 0 Å². The number of pyridine rings is 1. The summed E-state index contributed by atoms with van der Waals surface area (Å²) in [6.07, 6.45) is -3.10. The molecule has 0 bridgehead atoms. The van der Waals surface area contributed by atoms with E-state index in [0.29, 0.717) is 0 Å². The molecular weight excluding hydrogens is 193 g/mol. The molecule has 2 nitrogen and oxygen atoms in total. The second-order valence-corrected chi connectivity index (χ2v) is 2.71. The van der Waals surface area contributed by atoms with Gasteiger partial charge < -0.3 is 5.73 Å². The molecule has 0 spiro atoms. The van der Waals surface area contributed by atoms with Crippen molar-refractivity contribution in [1.82, 2.24) is 4.98 Å². The van der Waals surface area contributed by atoms with Gasteiger partial charge in [-0.1, -0.05) is 12.1 Å². The molecule has 1 aromatic heterocycles. The van der Waals surface area contributed by atoms with E-state index in [-0.39, 0.29) is 5.69 Å². The van der Waals surface area contributed by atoms with E-state index in [0.717, 1.165) is 6.07 Å². The van der Waals surface area contributed by atoms with Gasteiger partial charge in [-0.25, -0.2) is 4.98 Å². The molecule has 0 radical (unpaired) electrons. The van der Waals surface area contributed by atoms with E-state index in [1.807, 2.05) is 0 Å². The monoisotopic (exact) mass is 202 g/mol. The van der Waals surface area contributed by atoms with Crippen LogP contribution in [0.3, 0.4) is 0 Å². The lowest BCUT2D eigenvalue weighted by molar-refractivity contribution is -0.141. The minimum absolute atomic E-state index is 0.162. The molecule has 76 valence electrons. The molecule has 0 aromatic carbocycles. The Kier molecular flexibility index (Phi) is 2.90. The largest absolute Gasteiger partial charge is 0.433 e. The van der Waals surface area contributed by atoms with Crippen LogP contribution in [-0.4, -0.2) is 4.98 Å². The first kappa shape index (κ1) is 10.7. The van der Waals surface area contributed by atoms with E-state index in [1.54, 1.807) is 0 Å². The van der Waals surface area contributed by atoms with Crippen molar-refractivity contribution in [3.63, 3.8) is 0 Å². The zero-order valence-electron chi connectivity index (χ0n) is 7.25. The minimum Gasteiger partial charge on any atom is -0.319 e. The highest BCUT2D eigenvalue weighted by atomic mass is 19.4. The lowest BCUT2D eigenvalue weighted by Gasteiger charge is -2.09. The molecule has 0 aliphatic heterocycles. The van der Waals surface area contributed by atoms with Gasteiger partial charge >= 0.3 is 6.18 Å². The molecule has 0 saturated heterocycles. The van der Waals surface area contributed by atoms with Gasteiger partial charge in [-0.3, -0.25) is 0 Å². The van der Waals surface area contributed by atoms with Gasteiger partial charge in [-0.2, -0.15) is 13.2 Å². The van der Waals surface area contributed by atoms with E-state index in [4.69, 9.17) is 5.73 Å². The molecule has 0 unspecified atom stereocenters. The number of alkyl halides is 3. The van der Waals surface area contributed by atoms with Gasteiger partial charge in [0.15, 0.2) is 0 Å². The summed E-state index contributed by atoms with van der Waals surface area (Å²) in [4.78, 5) is 3.39. The predicted molar refractivity (Wildman–Crippen MR) is 46.4 cm³/mol. The Bertz CT molecular complexity index is 333. The molecule has 0 saturated carbocycles. The Morgan fingerprint density at radius 1 is 1.43 bits per heavy atom. The summed E-state index contributed by atoms with van der Waals surface area (Å²) in [5.74, 6) is 0. The fourth-order valence-electron chi connectivity index (χ4n) is 0.916.